The van der Waals surface area contributed by atoms with Crippen LogP contribution in [0.25, 0.3) is 0 Å². The van der Waals surface area contributed by atoms with Gasteiger partial charge in [0.2, 0.25) is 5.88 Å². The first-order valence-corrected chi connectivity index (χ1v) is 13.4. The van der Waals surface area contributed by atoms with Crippen molar-refractivity contribution in [1.29, 1.82) is 0 Å². The van der Waals surface area contributed by atoms with E-state index in [-0.39, 0.29) is 16.8 Å². The lowest BCUT2D eigenvalue weighted by Crippen LogP contribution is -2.44. The Morgan fingerprint density at radius 2 is 1.73 bits per heavy atom. The molecule has 1 unspecified atom stereocenters. The van der Waals surface area contributed by atoms with Crippen molar-refractivity contribution >= 4 is 21.7 Å². The largest absolute Gasteiger partial charge is 0.475 e. The predicted octanol–water partition coefficient (Wildman–Crippen LogP) is 2.23. The van der Waals surface area contributed by atoms with E-state index in [0.717, 1.165) is 68.4 Å². The van der Waals surface area contributed by atoms with Gasteiger partial charge in [0.1, 0.15) is 6.61 Å². The van der Waals surface area contributed by atoms with Crippen LogP contribution >= 0.6 is 0 Å². The Morgan fingerprint density at radius 1 is 1.03 bits per heavy atom. The molecule has 3 heterocycles. The standard InChI is InChI=1S/C23H29N5O4S/c29-23(25-21-18-7-3-5-15(18)11-16-6-4-8-19(16)21)26-33(30,31)20-12-24-28-13-17(14-32-22(20)28)27-9-1-2-10-27/h11-12,17H,1-10,13-14H2,(H2,25,26,29). The molecular formula is C23H29N5O4S. The van der Waals surface area contributed by atoms with Crippen LogP contribution in [-0.4, -0.2) is 54.9 Å². The van der Waals surface area contributed by atoms with Gasteiger partial charge in [0, 0.05) is 5.69 Å². The van der Waals surface area contributed by atoms with E-state index < -0.39 is 16.1 Å². The van der Waals surface area contributed by atoms with E-state index in [4.69, 9.17) is 4.74 Å². The third-order valence-corrected chi connectivity index (χ3v) is 8.75. The highest BCUT2D eigenvalue weighted by Crippen LogP contribution is 2.38. The zero-order valence-electron chi connectivity index (χ0n) is 18.6. The van der Waals surface area contributed by atoms with Crippen LogP contribution in [0.15, 0.2) is 17.2 Å². The number of carbonyl (C=O) groups excluding carboxylic acids is 1. The van der Waals surface area contributed by atoms with Crippen molar-refractivity contribution in [3.8, 4) is 5.88 Å². The summed E-state index contributed by atoms with van der Waals surface area (Å²) < 4.78 is 35.7. The molecule has 1 aromatic heterocycles. The number of carbonyl (C=O) groups is 1. The lowest BCUT2D eigenvalue weighted by molar-refractivity contribution is 0.0993. The highest BCUT2D eigenvalue weighted by atomic mass is 32.2. The fourth-order valence-corrected chi connectivity index (χ4v) is 6.84. The molecule has 9 nitrogen and oxygen atoms in total. The molecule has 2 N–H and O–H groups in total. The molecule has 1 saturated heterocycles. The number of sulfonamides is 1. The summed E-state index contributed by atoms with van der Waals surface area (Å²) in [5.74, 6) is 0.201. The maximum atomic E-state index is 13.1. The molecule has 33 heavy (non-hydrogen) atoms. The van der Waals surface area contributed by atoms with Gasteiger partial charge in [0.15, 0.2) is 4.90 Å². The van der Waals surface area contributed by atoms with Crippen molar-refractivity contribution in [1.82, 2.24) is 19.4 Å². The van der Waals surface area contributed by atoms with Gasteiger partial charge in [-0.15, -0.1) is 0 Å². The number of nitrogens with zero attached hydrogens (tertiary/aromatic N) is 3. The number of amides is 2. The summed E-state index contributed by atoms with van der Waals surface area (Å²) in [5.41, 5.74) is 5.68. The Balaban J connectivity index is 1.20. The summed E-state index contributed by atoms with van der Waals surface area (Å²) in [7, 11) is -4.13. The normalized spacial score (nSPS) is 21.9. The van der Waals surface area contributed by atoms with Gasteiger partial charge in [-0.1, -0.05) is 6.07 Å². The molecule has 1 fully saturated rings. The van der Waals surface area contributed by atoms with E-state index in [9.17, 15) is 13.2 Å². The molecule has 2 amide bonds. The number of hydrogen-bond acceptors (Lipinski definition) is 6. The van der Waals surface area contributed by atoms with Gasteiger partial charge in [-0.25, -0.2) is 22.6 Å². The van der Waals surface area contributed by atoms with E-state index >= 15 is 0 Å². The van der Waals surface area contributed by atoms with Crippen LogP contribution in [0, 0.1) is 0 Å². The molecule has 0 bridgehead atoms. The van der Waals surface area contributed by atoms with Crippen molar-refractivity contribution in [2.45, 2.75) is 68.8 Å². The molecule has 10 heteroatoms. The summed E-state index contributed by atoms with van der Waals surface area (Å²) in [6.45, 7) is 3.07. The molecule has 1 atom stereocenters. The fraction of sp³-hybridized carbons (Fsp3) is 0.565. The number of hydrogen-bond donors (Lipinski definition) is 2. The molecule has 2 aromatic rings. The smallest absolute Gasteiger partial charge is 0.333 e. The summed E-state index contributed by atoms with van der Waals surface area (Å²) >= 11 is 0. The Bertz CT molecular complexity index is 1180. The van der Waals surface area contributed by atoms with Gasteiger partial charge < -0.3 is 10.1 Å². The molecule has 176 valence electrons. The van der Waals surface area contributed by atoms with E-state index in [1.165, 1.54) is 30.2 Å². The molecule has 0 saturated carbocycles. The number of likely N-dealkylation sites (tertiary alicyclic amines) is 1. The van der Waals surface area contributed by atoms with Gasteiger partial charge in [0.05, 0.1) is 18.8 Å². The van der Waals surface area contributed by atoms with Crippen molar-refractivity contribution in [3.63, 3.8) is 0 Å². The minimum Gasteiger partial charge on any atom is -0.475 e. The van der Waals surface area contributed by atoms with E-state index in [1.54, 1.807) is 4.68 Å². The lowest BCUT2D eigenvalue weighted by atomic mass is 9.99. The minimum atomic E-state index is -4.13. The number of ether oxygens (including phenoxy) is 1. The monoisotopic (exact) mass is 471 g/mol. The van der Waals surface area contributed by atoms with Crippen LogP contribution in [0.5, 0.6) is 5.88 Å². The Labute approximate surface area is 193 Å². The SMILES string of the molecule is O=C(Nc1c2c(cc3c1CCC3)CCC2)NS(=O)(=O)c1cnn2c1OCC(N1CCCC1)C2. The van der Waals surface area contributed by atoms with Gasteiger partial charge in [-0.3, -0.25) is 4.90 Å². The molecule has 4 aliphatic rings. The predicted molar refractivity (Wildman–Crippen MR) is 122 cm³/mol. The molecule has 2 aliphatic heterocycles. The first kappa shape index (κ1) is 21.0. The van der Waals surface area contributed by atoms with Gasteiger partial charge in [0.25, 0.3) is 10.0 Å². The zero-order chi connectivity index (χ0) is 22.6. The number of nitrogens with one attached hydrogen (secondary N) is 2. The quantitative estimate of drug-likeness (QED) is 0.709. The second-order valence-electron chi connectivity index (χ2n) is 9.50. The van der Waals surface area contributed by atoms with Crippen molar-refractivity contribution in [2.24, 2.45) is 0 Å². The molecule has 0 spiro atoms. The number of rotatable bonds is 4. The summed E-state index contributed by atoms with van der Waals surface area (Å²) in [4.78, 5) is 15.1. The van der Waals surface area contributed by atoms with Gasteiger partial charge in [-0.2, -0.15) is 5.10 Å². The number of benzene rings is 1. The van der Waals surface area contributed by atoms with E-state index in [0.29, 0.717) is 13.2 Å². The van der Waals surface area contributed by atoms with Crippen LogP contribution in [-0.2, 0) is 42.3 Å². The molecular weight excluding hydrogens is 442 g/mol. The third-order valence-electron chi connectivity index (χ3n) is 7.44. The lowest BCUT2D eigenvalue weighted by Gasteiger charge is -2.31. The number of aromatic nitrogens is 2. The zero-order valence-corrected chi connectivity index (χ0v) is 19.4. The van der Waals surface area contributed by atoms with Crippen LogP contribution in [0.1, 0.15) is 47.9 Å². The van der Waals surface area contributed by atoms with Crippen LogP contribution in [0.3, 0.4) is 0 Å². The Hall–Kier alpha value is -2.59. The molecule has 1 aromatic carbocycles. The highest BCUT2D eigenvalue weighted by molar-refractivity contribution is 7.90. The van der Waals surface area contributed by atoms with E-state index in [2.05, 4.69) is 26.1 Å². The van der Waals surface area contributed by atoms with Gasteiger partial charge >= 0.3 is 6.03 Å². The number of fused-ring (bicyclic) bond motifs is 3. The molecule has 6 rings (SSSR count). The second-order valence-corrected chi connectivity index (χ2v) is 11.1. The highest BCUT2D eigenvalue weighted by Gasteiger charge is 2.34. The summed E-state index contributed by atoms with van der Waals surface area (Å²) in [6.07, 6.45) is 9.59. The van der Waals surface area contributed by atoms with Crippen LogP contribution in [0.4, 0.5) is 10.5 Å². The summed E-state index contributed by atoms with van der Waals surface area (Å²) in [5, 5.41) is 7.13. The maximum Gasteiger partial charge on any atom is 0.333 e. The second kappa shape index (κ2) is 8.02. The average Bonchev–Trinajstić information content (AvgIpc) is 3.59. The minimum absolute atomic E-state index is 0.0963. The van der Waals surface area contributed by atoms with Crippen LogP contribution < -0.4 is 14.8 Å². The maximum absolute atomic E-state index is 13.1. The van der Waals surface area contributed by atoms with Crippen molar-refractivity contribution in [3.05, 3.63) is 34.5 Å². The Morgan fingerprint density at radius 3 is 2.42 bits per heavy atom. The topological polar surface area (TPSA) is 106 Å². The van der Waals surface area contributed by atoms with E-state index in [1.807, 2.05) is 0 Å². The molecule has 2 aliphatic carbocycles. The number of aryl methyl sites for hydroxylation is 2. The van der Waals surface area contributed by atoms with Crippen molar-refractivity contribution in [2.75, 3.05) is 25.0 Å². The summed E-state index contributed by atoms with van der Waals surface area (Å²) in [6, 6.07) is 1.72. The first-order chi connectivity index (χ1) is 16.0. The first-order valence-electron chi connectivity index (χ1n) is 11.9. The van der Waals surface area contributed by atoms with Crippen molar-refractivity contribution < 1.29 is 17.9 Å². The van der Waals surface area contributed by atoms with Gasteiger partial charge in [-0.05, 0) is 86.7 Å². The average molecular weight is 472 g/mol. The fourth-order valence-electron chi connectivity index (χ4n) is 5.86. The Kier molecular flexibility index (Phi) is 5.10. The number of anilines is 1. The third kappa shape index (κ3) is 3.69. The van der Waals surface area contributed by atoms with Crippen LogP contribution in [0.2, 0.25) is 0 Å². The molecule has 0 radical (unpaired) electrons. The number of urea groups is 1.